The first kappa shape index (κ1) is 14.5. The van der Waals surface area contributed by atoms with Gasteiger partial charge in [-0.25, -0.2) is 4.79 Å². The SMILES string of the molecule is O=C(NCc1cccc(CO)c1)[C@@H]1CC[C@H](C(=O)O)O1. The van der Waals surface area contributed by atoms with Crippen LogP contribution in [0, 0.1) is 0 Å². The third-order valence-corrected chi connectivity index (χ3v) is 3.23. The van der Waals surface area contributed by atoms with Crippen LogP contribution in [0.25, 0.3) is 0 Å². The van der Waals surface area contributed by atoms with Crippen LogP contribution in [0.4, 0.5) is 0 Å². The van der Waals surface area contributed by atoms with Crippen molar-refractivity contribution in [2.75, 3.05) is 0 Å². The van der Waals surface area contributed by atoms with Gasteiger partial charge in [-0.3, -0.25) is 4.79 Å². The number of benzene rings is 1. The molecule has 108 valence electrons. The third kappa shape index (κ3) is 3.55. The molecule has 0 unspecified atom stereocenters. The Hall–Kier alpha value is -1.92. The smallest absolute Gasteiger partial charge is 0.332 e. The van der Waals surface area contributed by atoms with E-state index in [9.17, 15) is 9.59 Å². The summed E-state index contributed by atoms with van der Waals surface area (Å²) in [5, 5.41) is 20.5. The molecular formula is C14H17NO5. The van der Waals surface area contributed by atoms with Crippen molar-refractivity contribution >= 4 is 11.9 Å². The van der Waals surface area contributed by atoms with Crippen molar-refractivity contribution in [2.24, 2.45) is 0 Å². The molecular weight excluding hydrogens is 262 g/mol. The second-order valence-electron chi connectivity index (χ2n) is 4.72. The van der Waals surface area contributed by atoms with Crippen LogP contribution in [0.3, 0.4) is 0 Å². The van der Waals surface area contributed by atoms with Gasteiger partial charge in [0, 0.05) is 6.54 Å². The number of ether oxygens (including phenoxy) is 1. The Morgan fingerprint density at radius 2 is 1.95 bits per heavy atom. The Labute approximate surface area is 116 Å². The summed E-state index contributed by atoms with van der Waals surface area (Å²) in [4.78, 5) is 22.6. The molecule has 0 bridgehead atoms. The fraction of sp³-hybridized carbons (Fsp3) is 0.429. The molecule has 6 heteroatoms. The first-order chi connectivity index (χ1) is 9.60. The molecule has 2 rings (SSSR count). The number of aliphatic hydroxyl groups is 1. The number of hydrogen-bond donors (Lipinski definition) is 3. The molecule has 2 atom stereocenters. The number of rotatable bonds is 5. The Balaban J connectivity index is 1.85. The van der Waals surface area contributed by atoms with E-state index in [2.05, 4.69) is 5.32 Å². The molecule has 1 aliphatic rings. The summed E-state index contributed by atoms with van der Waals surface area (Å²) in [6.07, 6.45) is -0.812. The van der Waals surface area contributed by atoms with E-state index >= 15 is 0 Å². The standard InChI is InChI=1S/C14H17NO5/c16-8-10-3-1-2-9(6-10)7-15-13(17)11-4-5-12(20-11)14(18)19/h1-3,6,11-12,16H,4-5,7-8H2,(H,15,17)(H,18,19)/t11-,12+/m0/s1. The van der Waals surface area contributed by atoms with E-state index in [1.807, 2.05) is 6.07 Å². The van der Waals surface area contributed by atoms with E-state index in [4.69, 9.17) is 14.9 Å². The van der Waals surface area contributed by atoms with Gasteiger partial charge in [-0.15, -0.1) is 0 Å². The first-order valence-electron chi connectivity index (χ1n) is 6.45. The van der Waals surface area contributed by atoms with Crippen LogP contribution in [0.1, 0.15) is 24.0 Å². The lowest BCUT2D eigenvalue weighted by atomic mass is 10.1. The average Bonchev–Trinajstić information content (AvgIpc) is 2.95. The van der Waals surface area contributed by atoms with Crippen LogP contribution in [-0.4, -0.2) is 34.3 Å². The van der Waals surface area contributed by atoms with E-state index in [0.29, 0.717) is 19.4 Å². The molecule has 1 fully saturated rings. The summed E-state index contributed by atoms with van der Waals surface area (Å²) in [6.45, 7) is 0.276. The number of aliphatic carboxylic acids is 1. The van der Waals surface area contributed by atoms with Crippen molar-refractivity contribution in [1.29, 1.82) is 0 Å². The number of carbonyl (C=O) groups is 2. The van der Waals surface area contributed by atoms with E-state index in [-0.39, 0.29) is 12.5 Å². The van der Waals surface area contributed by atoms with Gasteiger partial charge in [0.25, 0.3) is 0 Å². The number of amides is 1. The van der Waals surface area contributed by atoms with Gasteiger partial charge in [0.2, 0.25) is 5.91 Å². The van der Waals surface area contributed by atoms with Crippen LogP contribution in [0.5, 0.6) is 0 Å². The van der Waals surface area contributed by atoms with Gasteiger partial charge in [-0.2, -0.15) is 0 Å². The van der Waals surface area contributed by atoms with Gasteiger partial charge in [0.1, 0.15) is 6.10 Å². The highest BCUT2D eigenvalue weighted by Crippen LogP contribution is 2.20. The summed E-state index contributed by atoms with van der Waals surface area (Å²) >= 11 is 0. The fourth-order valence-electron chi connectivity index (χ4n) is 2.15. The second kappa shape index (κ2) is 6.49. The lowest BCUT2D eigenvalue weighted by Gasteiger charge is -2.12. The minimum atomic E-state index is -1.03. The zero-order valence-corrected chi connectivity index (χ0v) is 10.9. The number of carboxylic acids is 1. The topological polar surface area (TPSA) is 95.9 Å². The van der Waals surface area contributed by atoms with Crippen LogP contribution in [-0.2, 0) is 27.5 Å². The van der Waals surface area contributed by atoms with Crippen molar-refractivity contribution in [3.05, 3.63) is 35.4 Å². The molecule has 0 radical (unpaired) electrons. The molecule has 0 aromatic heterocycles. The van der Waals surface area contributed by atoms with Crippen molar-refractivity contribution in [3.63, 3.8) is 0 Å². The summed E-state index contributed by atoms with van der Waals surface area (Å²) in [7, 11) is 0. The predicted octanol–water partition coefficient (Wildman–Crippen LogP) is 0.427. The Bertz CT molecular complexity index is 502. The Kier molecular flexibility index (Phi) is 4.70. The van der Waals surface area contributed by atoms with Crippen molar-refractivity contribution in [1.82, 2.24) is 5.32 Å². The van der Waals surface area contributed by atoms with Crippen LogP contribution in [0.15, 0.2) is 24.3 Å². The van der Waals surface area contributed by atoms with E-state index < -0.39 is 18.2 Å². The summed E-state index contributed by atoms with van der Waals surface area (Å²) in [5.74, 6) is -1.33. The van der Waals surface area contributed by atoms with Gasteiger partial charge in [0.15, 0.2) is 6.10 Å². The maximum atomic E-state index is 11.9. The highest BCUT2D eigenvalue weighted by molar-refractivity contribution is 5.82. The van der Waals surface area contributed by atoms with E-state index in [1.165, 1.54) is 0 Å². The van der Waals surface area contributed by atoms with Gasteiger partial charge in [0.05, 0.1) is 6.61 Å². The maximum Gasteiger partial charge on any atom is 0.332 e. The molecule has 0 aliphatic carbocycles. The summed E-state index contributed by atoms with van der Waals surface area (Å²) in [5.41, 5.74) is 1.65. The highest BCUT2D eigenvalue weighted by Gasteiger charge is 2.34. The van der Waals surface area contributed by atoms with Crippen molar-refractivity contribution < 1.29 is 24.5 Å². The minimum absolute atomic E-state index is 0.0478. The van der Waals surface area contributed by atoms with Crippen LogP contribution >= 0.6 is 0 Å². The quantitative estimate of drug-likeness (QED) is 0.726. The third-order valence-electron chi connectivity index (χ3n) is 3.23. The number of hydrogen-bond acceptors (Lipinski definition) is 4. The lowest BCUT2D eigenvalue weighted by molar-refractivity contribution is -0.151. The maximum absolute atomic E-state index is 11.9. The van der Waals surface area contributed by atoms with Gasteiger partial charge >= 0.3 is 5.97 Å². The summed E-state index contributed by atoms with van der Waals surface area (Å²) < 4.78 is 5.17. The molecule has 1 aromatic rings. The van der Waals surface area contributed by atoms with E-state index in [1.54, 1.807) is 18.2 Å². The highest BCUT2D eigenvalue weighted by atomic mass is 16.5. The van der Waals surface area contributed by atoms with Crippen LogP contribution in [0.2, 0.25) is 0 Å². The zero-order valence-electron chi connectivity index (χ0n) is 10.9. The number of carbonyl (C=O) groups excluding carboxylic acids is 1. The molecule has 1 aliphatic heterocycles. The Morgan fingerprint density at radius 3 is 2.60 bits per heavy atom. The number of carboxylic acid groups (broad SMARTS) is 1. The summed E-state index contributed by atoms with van der Waals surface area (Å²) in [6, 6.07) is 7.24. The lowest BCUT2D eigenvalue weighted by Crippen LogP contribution is -2.35. The fourth-order valence-corrected chi connectivity index (χ4v) is 2.15. The largest absolute Gasteiger partial charge is 0.479 e. The number of nitrogens with one attached hydrogen (secondary N) is 1. The molecule has 3 N–H and O–H groups in total. The van der Waals surface area contributed by atoms with Gasteiger partial charge < -0.3 is 20.3 Å². The molecule has 0 spiro atoms. The number of aliphatic hydroxyl groups excluding tert-OH is 1. The van der Waals surface area contributed by atoms with Gasteiger partial charge in [-0.05, 0) is 24.0 Å². The first-order valence-corrected chi connectivity index (χ1v) is 6.45. The Morgan fingerprint density at radius 1 is 1.25 bits per heavy atom. The van der Waals surface area contributed by atoms with Crippen molar-refractivity contribution in [2.45, 2.75) is 38.2 Å². The molecule has 1 aromatic carbocycles. The monoisotopic (exact) mass is 279 g/mol. The van der Waals surface area contributed by atoms with Crippen LogP contribution < -0.4 is 5.32 Å². The average molecular weight is 279 g/mol. The molecule has 1 heterocycles. The molecule has 1 amide bonds. The van der Waals surface area contributed by atoms with E-state index in [0.717, 1.165) is 11.1 Å². The zero-order chi connectivity index (χ0) is 14.5. The molecule has 20 heavy (non-hydrogen) atoms. The second-order valence-corrected chi connectivity index (χ2v) is 4.72. The van der Waals surface area contributed by atoms with Gasteiger partial charge in [-0.1, -0.05) is 24.3 Å². The predicted molar refractivity (Wildman–Crippen MR) is 69.7 cm³/mol. The molecule has 1 saturated heterocycles. The van der Waals surface area contributed by atoms with Crippen molar-refractivity contribution in [3.8, 4) is 0 Å². The molecule has 6 nitrogen and oxygen atoms in total. The normalized spacial score (nSPS) is 21.6. The minimum Gasteiger partial charge on any atom is -0.479 e. The molecule has 0 saturated carbocycles.